The van der Waals surface area contributed by atoms with Crippen LogP contribution in [0, 0.1) is 0 Å². The molecule has 0 aromatic carbocycles. The van der Waals surface area contributed by atoms with Gasteiger partial charge in [-0.1, -0.05) is 4.67 Å². The van der Waals surface area contributed by atoms with Crippen LogP contribution < -0.4 is 4.67 Å². The Labute approximate surface area is 57.0 Å². The molecule has 0 bridgehead atoms. The zero-order chi connectivity index (χ0) is 6.10. The van der Waals surface area contributed by atoms with Gasteiger partial charge >= 0.3 is 5.71 Å². The van der Waals surface area contributed by atoms with E-state index in [2.05, 4.69) is 9.98 Å². The second-order valence-electron chi connectivity index (χ2n) is 1.79. The summed E-state index contributed by atoms with van der Waals surface area (Å²) in [4.78, 5) is 0. The molecular formula is C6H5N2S+. The van der Waals surface area contributed by atoms with Crippen LogP contribution in [-0.2, 0) is 11.4 Å². The average molecular weight is 137 g/mol. The van der Waals surface area contributed by atoms with Crippen LogP contribution in [0.15, 0.2) is 11.1 Å². The number of allylic oxidation sites excluding steroid dienone is 1. The molecule has 0 saturated heterocycles. The molecule has 2 nitrogen and oxygen atoms in total. The fraction of sp³-hybridized carbons (Fsp3) is 0.167. The number of rotatable bonds is 0. The minimum Gasteiger partial charge on any atom is -0.665 e. The van der Waals surface area contributed by atoms with Crippen LogP contribution in [0.25, 0.3) is 5.32 Å². The Hall–Kier alpha value is -0.920. The summed E-state index contributed by atoms with van der Waals surface area (Å²) in [5.41, 5.74) is 2.06. The molecule has 0 saturated carbocycles. The lowest BCUT2D eigenvalue weighted by Gasteiger charge is -2.11. The first kappa shape index (κ1) is 4.91. The van der Waals surface area contributed by atoms with Gasteiger partial charge in [0.2, 0.25) is 11.4 Å². The molecule has 44 valence electrons. The van der Waals surface area contributed by atoms with Crippen LogP contribution in [0.1, 0.15) is 0 Å². The second kappa shape index (κ2) is 1.79. The van der Waals surface area contributed by atoms with Gasteiger partial charge in [0.1, 0.15) is 0 Å². The predicted molar refractivity (Wildman–Crippen MR) is 42.9 cm³/mol. The highest BCUT2D eigenvalue weighted by atomic mass is 32.1. The van der Waals surface area contributed by atoms with Crippen molar-refractivity contribution in [3.05, 3.63) is 16.4 Å². The van der Waals surface area contributed by atoms with Crippen molar-refractivity contribution in [3.63, 3.8) is 0 Å². The van der Waals surface area contributed by atoms with Crippen molar-refractivity contribution in [2.75, 3.05) is 6.54 Å². The maximum Gasteiger partial charge on any atom is 0.373 e. The van der Waals surface area contributed by atoms with Crippen molar-refractivity contribution in [2.45, 2.75) is 0 Å². The molecule has 0 unspecified atom stereocenters. The highest BCUT2D eigenvalue weighted by Gasteiger charge is 2.20. The normalized spacial score (nSPS) is 20.4. The molecular weight excluding hydrogens is 132 g/mol. The van der Waals surface area contributed by atoms with Crippen LogP contribution in [0.3, 0.4) is 0 Å². The second-order valence-corrected chi connectivity index (χ2v) is 2.54. The van der Waals surface area contributed by atoms with Crippen LogP contribution in [-0.4, -0.2) is 23.8 Å². The SMILES string of the molecule is C1=[N+]=C2C=[S+]C=C2[N-]C1. The Balaban J connectivity index is 2.55. The summed E-state index contributed by atoms with van der Waals surface area (Å²) >= 11 is 1.65. The summed E-state index contributed by atoms with van der Waals surface area (Å²) in [6.45, 7) is 0.740. The highest BCUT2D eigenvalue weighted by Crippen LogP contribution is 2.09. The predicted octanol–water partition coefficient (Wildman–Crippen LogP) is -0.307. The van der Waals surface area contributed by atoms with E-state index in [-0.39, 0.29) is 0 Å². The molecule has 0 atom stereocenters. The van der Waals surface area contributed by atoms with E-state index in [0.717, 1.165) is 18.0 Å². The molecule has 0 radical (unpaired) electrons. The van der Waals surface area contributed by atoms with Crippen molar-refractivity contribution in [2.24, 2.45) is 0 Å². The lowest BCUT2D eigenvalue weighted by atomic mass is 10.3. The number of nitrogens with zero attached hydrogens (tertiary/aromatic N) is 2. The molecule has 0 aromatic heterocycles. The van der Waals surface area contributed by atoms with E-state index in [4.69, 9.17) is 0 Å². The minimum absolute atomic E-state index is 0.740. The van der Waals surface area contributed by atoms with Crippen molar-refractivity contribution in [3.8, 4) is 0 Å². The highest BCUT2D eigenvalue weighted by molar-refractivity contribution is 7.82. The van der Waals surface area contributed by atoms with E-state index in [1.807, 2.05) is 17.0 Å². The average Bonchev–Trinajstić information content (AvgIpc) is 2.33. The molecule has 0 amide bonds. The molecule has 2 rings (SSSR count). The van der Waals surface area contributed by atoms with Crippen LogP contribution in [0.5, 0.6) is 0 Å². The lowest BCUT2D eigenvalue weighted by Crippen LogP contribution is -2.11. The zero-order valence-corrected chi connectivity index (χ0v) is 5.56. The monoisotopic (exact) mass is 137 g/mol. The van der Waals surface area contributed by atoms with E-state index in [9.17, 15) is 0 Å². The van der Waals surface area contributed by atoms with Crippen molar-refractivity contribution >= 4 is 28.6 Å². The molecule has 0 aromatic rings. The van der Waals surface area contributed by atoms with Crippen LogP contribution in [0.2, 0.25) is 0 Å². The molecule has 2 aliphatic rings. The first-order valence-corrected chi connectivity index (χ1v) is 3.67. The fourth-order valence-corrected chi connectivity index (χ4v) is 1.48. The number of fused-ring (bicyclic) bond motifs is 1. The number of hydrogen-bond donors (Lipinski definition) is 0. The molecule has 0 fully saturated rings. The van der Waals surface area contributed by atoms with E-state index < -0.39 is 0 Å². The molecule has 0 spiro atoms. The quantitative estimate of drug-likeness (QED) is 0.249. The Kier molecular flexibility index (Phi) is 0.979. The van der Waals surface area contributed by atoms with Gasteiger partial charge in [-0.3, -0.25) is 0 Å². The summed E-state index contributed by atoms with van der Waals surface area (Å²) in [6.07, 6.45) is 1.83. The third-order valence-corrected chi connectivity index (χ3v) is 1.91. The molecule has 2 aliphatic heterocycles. The third-order valence-electron chi connectivity index (χ3n) is 1.20. The molecule has 9 heavy (non-hydrogen) atoms. The van der Waals surface area contributed by atoms with E-state index >= 15 is 0 Å². The smallest absolute Gasteiger partial charge is 0.373 e. The summed E-state index contributed by atoms with van der Waals surface area (Å²) in [7, 11) is 0. The Morgan fingerprint density at radius 3 is 3.56 bits per heavy atom. The summed E-state index contributed by atoms with van der Waals surface area (Å²) in [6, 6.07) is 0. The van der Waals surface area contributed by atoms with Crippen molar-refractivity contribution in [1.82, 2.24) is 4.67 Å². The van der Waals surface area contributed by atoms with Gasteiger partial charge in [-0.15, -0.1) is 0 Å². The van der Waals surface area contributed by atoms with Crippen molar-refractivity contribution in [1.29, 1.82) is 0 Å². The van der Waals surface area contributed by atoms with E-state index in [1.54, 1.807) is 11.4 Å². The van der Waals surface area contributed by atoms with Gasteiger partial charge in [-0.05, 0) is 6.54 Å². The maximum atomic E-state index is 4.21. The van der Waals surface area contributed by atoms with Gasteiger partial charge in [-0.2, -0.15) is 0 Å². The van der Waals surface area contributed by atoms with Gasteiger partial charge in [-0.25, -0.2) is 0 Å². The van der Waals surface area contributed by atoms with Crippen molar-refractivity contribution < 1.29 is 0 Å². The van der Waals surface area contributed by atoms with Crippen LogP contribution in [0.4, 0.5) is 0 Å². The standard InChI is InChI=1S/C6H5N2S/c1-2-8-6-4-9-3-5(6)7-1/h1,3-4H,2H2/q+1. The van der Waals surface area contributed by atoms with Gasteiger partial charge in [0.25, 0.3) is 11.6 Å². The lowest BCUT2D eigenvalue weighted by molar-refractivity contribution is 1.43. The molecule has 3 heteroatoms. The molecule has 0 aliphatic carbocycles. The fourth-order valence-electron chi connectivity index (χ4n) is 0.777. The largest absolute Gasteiger partial charge is 0.665 e. The van der Waals surface area contributed by atoms with Gasteiger partial charge < -0.3 is 5.32 Å². The summed E-state index contributed by atoms with van der Waals surface area (Å²) < 4.78 is 4.14. The third kappa shape index (κ3) is 0.707. The zero-order valence-electron chi connectivity index (χ0n) is 4.74. The first-order valence-electron chi connectivity index (χ1n) is 2.73. The molecule has 2 heterocycles. The number of hydrogen-bond acceptors (Lipinski definition) is 0. The summed E-state index contributed by atoms with van der Waals surface area (Å²) in [5, 5.41) is 8.24. The maximum absolute atomic E-state index is 4.21. The van der Waals surface area contributed by atoms with E-state index in [1.165, 1.54) is 0 Å². The van der Waals surface area contributed by atoms with Gasteiger partial charge in [0.15, 0.2) is 5.41 Å². The Bertz CT molecular complexity index is 256. The summed E-state index contributed by atoms with van der Waals surface area (Å²) in [5.74, 6) is 0. The topological polar surface area (TPSA) is 28.2 Å². The minimum atomic E-state index is 0.740. The van der Waals surface area contributed by atoms with Gasteiger partial charge in [0, 0.05) is 5.70 Å². The van der Waals surface area contributed by atoms with Gasteiger partial charge in [0.05, 0.1) is 0 Å². The first-order chi connectivity index (χ1) is 4.47. The Morgan fingerprint density at radius 2 is 2.67 bits per heavy atom. The molecule has 0 N–H and O–H groups in total. The Morgan fingerprint density at radius 1 is 1.67 bits per heavy atom. The van der Waals surface area contributed by atoms with Crippen LogP contribution >= 0.6 is 0 Å². The van der Waals surface area contributed by atoms with E-state index in [0.29, 0.717) is 0 Å².